The molecular formula is C28H29NO. The summed E-state index contributed by atoms with van der Waals surface area (Å²) in [6.07, 6.45) is 3.89. The minimum atomic E-state index is -0.285. The molecule has 2 aliphatic carbocycles. The van der Waals surface area contributed by atoms with Crippen molar-refractivity contribution in [1.29, 1.82) is 0 Å². The van der Waals surface area contributed by atoms with Gasteiger partial charge in [0.1, 0.15) is 0 Å². The molecule has 1 aromatic heterocycles. The van der Waals surface area contributed by atoms with Crippen molar-refractivity contribution in [1.82, 2.24) is 4.98 Å². The summed E-state index contributed by atoms with van der Waals surface area (Å²) in [5, 5.41) is 0. The summed E-state index contributed by atoms with van der Waals surface area (Å²) in [5.74, 6) is 1.33. The Morgan fingerprint density at radius 3 is 2.33 bits per heavy atom. The van der Waals surface area contributed by atoms with Gasteiger partial charge in [-0.1, -0.05) is 42.5 Å². The Kier molecular flexibility index (Phi) is 3.69. The van der Waals surface area contributed by atoms with Gasteiger partial charge in [-0.3, -0.25) is 4.98 Å². The first-order valence-corrected chi connectivity index (χ1v) is 11.3. The Hall–Kier alpha value is -2.45. The number of hydrogen-bond acceptors (Lipinski definition) is 2. The maximum Gasteiger partial charge on any atom is 0.0891 e. The Bertz CT molecular complexity index is 1160. The molecule has 2 nitrogen and oxygen atoms in total. The quantitative estimate of drug-likeness (QED) is 0.455. The molecule has 3 aromatic rings. The highest BCUT2D eigenvalue weighted by molar-refractivity contribution is 5.76. The summed E-state index contributed by atoms with van der Waals surface area (Å²) in [7, 11) is 0. The molecule has 6 rings (SSSR count). The average molecular weight is 396 g/mol. The molecule has 152 valence electrons. The fourth-order valence-electron chi connectivity index (χ4n) is 6.29. The van der Waals surface area contributed by atoms with Gasteiger partial charge < -0.3 is 4.74 Å². The van der Waals surface area contributed by atoms with E-state index in [9.17, 15) is 0 Å². The van der Waals surface area contributed by atoms with Crippen molar-refractivity contribution in [3.63, 3.8) is 0 Å². The number of fused-ring (bicyclic) bond motifs is 6. The molecule has 1 fully saturated rings. The van der Waals surface area contributed by atoms with Gasteiger partial charge >= 0.3 is 0 Å². The second kappa shape index (κ2) is 6.04. The maximum absolute atomic E-state index is 6.38. The first kappa shape index (κ1) is 18.3. The van der Waals surface area contributed by atoms with Crippen LogP contribution >= 0.6 is 0 Å². The van der Waals surface area contributed by atoms with Crippen molar-refractivity contribution in [3.8, 4) is 22.4 Å². The third-order valence-corrected chi connectivity index (χ3v) is 7.52. The lowest BCUT2D eigenvalue weighted by Gasteiger charge is -2.24. The molecular weight excluding hydrogens is 366 g/mol. The fraction of sp³-hybridized carbons (Fsp3) is 0.393. The lowest BCUT2D eigenvalue weighted by Crippen LogP contribution is -2.22. The van der Waals surface area contributed by atoms with Gasteiger partial charge in [-0.15, -0.1) is 0 Å². The van der Waals surface area contributed by atoms with Gasteiger partial charge in [0, 0.05) is 17.2 Å². The monoisotopic (exact) mass is 395 g/mol. The minimum Gasteiger partial charge on any atom is -0.360 e. The first-order valence-electron chi connectivity index (χ1n) is 11.3. The molecule has 2 heterocycles. The Balaban J connectivity index is 1.55. The van der Waals surface area contributed by atoms with Crippen LogP contribution in [0.2, 0.25) is 0 Å². The normalized spacial score (nSPS) is 24.7. The van der Waals surface area contributed by atoms with E-state index in [1.54, 1.807) is 0 Å². The lowest BCUT2D eigenvalue weighted by molar-refractivity contribution is -0.105. The lowest BCUT2D eigenvalue weighted by atomic mass is 9.86. The van der Waals surface area contributed by atoms with Gasteiger partial charge in [0.05, 0.1) is 16.9 Å². The van der Waals surface area contributed by atoms with Gasteiger partial charge in [0.25, 0.3) is 0 Å². The van der Waals surface area contributed by atoms with E-state index < -0.39 is 0 Å². The SMILES string of the molecule is CC1(C)OC(C)(C)c2cc(-c3cc(-c4ccccc4)c4c(n3)C3CCC4C3)ccc21. The van der Waals surface area contributed by atoms with E-state index in [0.29, 0.717) is 11.8 Å². The summed E-state index contributed by atoms with van der Waals surface area (Å²) >= 11 is 0. The Labute approximate surface area is 179 Å². The van der Waals surface area contributed by atoms with Gasteiger partial charge in [-0.25, -0.2) is 0 Å². The van der Waals surface area contributed by atoms with Crippen LogP contribution < -0.4 is 0 Å². The molecule has 2 heteroatoms. The Morgan fingerprint density at radius 2 is 1.53 bits per heavy atom. The third-order valence-electron chi connectivity index (χ3n) is 7.52. The molecule has 2 atom stereocenters. The van der Waals surface area contributed by atoms with Crippen LogP contribution in [0.15, 0.2) is 54.6 Å². The molecule has 1 saturated carbocycles. The molecule has 2 bridgehead atoms. The minimum absolute atomic E-state index is 0.253. The molecule has 3 aliphatic rings. The van der Waals surface area contributed by atoms with E-state index in [1.807, 2.05) is 0 Å². The van der Waals surface area contributed by atoms with Crippen LogP contribution in [-0.2, 0) is 15.9 Å². The molecule has 0 radical (unpaired) electrons. The number of nitrogens with zero attached hydrogens (tertiary/aromatic N) is 1. The summed E-state index contributed by atoms with van der Waals surface area (Å²) in [4.78, 5) is 5.26. The van der Waals surface area contributed by atoms with Crippen molar-refractivity contribution in [2.24, 2.45) is 0 Å². The van der Waals surface area contributed by atoms with Gasteiger partial charge in [0.15, 0.2) is 0 Å². The van der Waals surface area contributed by atoms with Crippen LogP contribution in [0.25, 0.3) is 22.4 Å². The zero-order chi connectivity index (χ0) is 20.7. The van der Waals surface area contributed by atoms with Crippen LogP contribution in [0.4, 0.5) is 0 Å². The zero-order valence-corrected chi connectivity index (χ0v) is 18.3. The van der Waals surface area contributed by atoms with Crippen molar-refractivity contribution < 1.29 is 4.74 Å². The molecule has 0 amide bonds. The highest BCUT2D eigenvalue weighted by atomic mass is 16.5. The van der Waals surface area contributed by atoms with Crippen LogP contribution in [0, 0.1) is 0 Å². The van der Waals surface area contributed by atoms with E-state index >= 15 is 0 Å². The van der Waals surface area contributed by atoms with E-state index in [2.05, 4.69) is 82.3 Å². The molecule has 2 aromatic carbocycles. The van der Waals surface area contributed by atoms with E-state index in [4.69, 9.17) is 9.72 Å². The number of benzene rings is 2. The number of aromatic nitrogens is 1. The van der Waals surface area contributed by atoms with E-state index in [0.717, 1.165) is 5.69 Å². The maximum atomic E-state index is 6.38. The largest absolute Gasteiger partial charge is 0.360 e. The summed E-state index contributed by atoms with van der Waals surface area (Å²) in [5.41, 5.74) is 9.93. The van der Waals surface area contributed by atoms with Gasteiger partial charge in [-0.05, 0) is 92.8 Å². The van der Waals surface area contributed by atoms with Crippen molar-refractivity contribution >= 4 is 0 Å². The second-order valence-corrected chi connectivity index (χ2v) is 10.3. The van der Waals surface area contributed by atoms with Crippen LogP contribution in [0.3, 0.4) is 0 Å². The molecule has 2 unspecified atom stereocenters. The second-order valence-electron chi connectivity index (χ2n) is 10.3. The van der Waals surface area contributed by atoms with E-state index in [1.165, 1.54) is 58.3 Å². The van der Waals surface area contributed by atoms with Gasteiger partial charge in [0.2, 0.25) is 0 Å². The zero-order valence-electron chi connectivity index (χ0n) is 18.3. The van der Waals surface area contributed by atoms with Gasteiger partial charge in [-0.2, -0.15) is 0 Å². The van der Waals surface area contributed by atoms with Crippen molar-refractivity contribution in [2.45, 2.75) is 70.0 Å². The topological polar surface area (TPSA) is 22.1 Å². The molecule has 0 N–H and O–H groups in total. The number of hydrogen-bond donors (Lipinski definition) is 0. The first-order chi connectivity index (χ1) is 14.3. The fourth-order valence-corrected chi connectivity index (χ4v) is 6.29. The molecule has 0 spiro atoms. The highest BCUT2D eigenvalue weighted by Gasteiger charge is 2.43. The summed E-state index contributed by atoms with van der Waals surface area (Å²) < 4.78 is 6.38. The van der Waals surface area contributed by atoms with Crippen molar-refractivity contribution in [2.75, 3.05) is 0 Å². The third kappa shape index (κ3) is 2.56. The predicted molar refractivity (Wildman–Crippen MR) is 122 cm³/mol. The number of rotatable bonds is 2. The van der Waals surface area contributed by atoms with Crippen LogP contribution in [0.5, 0.6) is 0 Å². The van der Waals surface area contributed by atoms with Crippen molar-refractivity contribution in [3.05, 3.63) is 77.0 Å². The number of ether oxygens (including phenoxy) is 1. The van der Waals surface area contributed by atoms with Crippen LogP contribution in [-0.4, -0.2) is 4.98 Å². The number of pyridine rings is 1. The Morgan fingerprint density at radius 1 is 0.800 bits per heavy atom. The van der Waals surface area contributed by atoms with Crippen LogP contribution in [0.1, 0.15) is 81.2 Å². The predicted octanol–water partition coefficient (Wildman–Crippen LogP) is 7.28. The standard InChI is InChI=1S/C28H29NO/c1-27(2)22-13-12-18(15-23(22)28(3,4)30-27)24-16-21(17-8-6-5-7-9-17)25-19-10-11-20(14-19)26(25)29-24/h5-9,12-13,15-16,19-20H,10-11,14H2,1-4H3. The average Bonchev–Trinajstić information content (AvgIpc) is 3.39. The molecule has 0 saturated heterocycles. The molecule has 30 heavy (non-hydrogen) atoms. The summed E-state index contributed by atoms with van der Waals surface area (Å²) in [6.45, 7) is 8.68. The summed E-state index contributed by atoms with van der Waals surface area (Å²) in [6, 6.07) is 20.0. The van der Waals surface area contributed by atoms with E-state index in [-0.39, 0.29) is 11.2 Å². The highest BCUT2D eigenvalue weighted by Crippen LogP contribution is 2.56. The molecule has 1 aliphatic heterocycles. The smallest absolute Gasteiger partial charge is 0.0891 e.